The molecule has 1 rings (SSSR count). The fraction of sp³-hybridized carbons (Fsp3) is 0.200. The monoisotopic (exact) mass is 290 g/mol. The highest BCUT2D eigenvalue weighted by Crippen LogP contribution is 2.07. The van der Waals surface area contributed by atoms with Crippen LogP contribution in [-0.2, 0) is 0 Å². The second kappa shape index (κ2) is 8.95. The quantitative estimate of drug-likeness (QED) is 0.512. The van der Waals surface area contributed by atoms with Crippen LogP contribution in [0.5, 0.6) is 0 Å². The first-order valence-corrected chi connectivity index (χ1v) is 7.13. The van der Waals surface area contributed by atoms with Crippen molar-refractivity contribution in [2.24, 2.45) is 0 Å². The van der Waals surface area contributed by atoms with Gasteiger partial charge in [-0.2, -0.15) is 0 Å². The number of hydrogen-bond acceptors (Lipinski definition) is 1. The van der Waals surface area contributed by atoms with Crippen LogP contribution in [-0.4, -0.2) is 0 Å². The van der Waals surface area contributed by atoms with Gasteiger partial charge in [0.2, 0.25) is 0 Å². The minimum Gasteiger partial charge on any atom is -0.0683 e. The summed E-state index contributed by atoms with van der Waals surface area (Å²) in [6.45, 7) is 4.00. The summed E-state index contributed by atoms with van der Waals surface area (Å²) < 4.78 is 0. The first kappa shape index (κ1) is 11.9. The summed E-state index contributed by atoms with van der Waals surface area (Å²) in [5.41, 5.74) is 1.08. The van der Waals surface area contributed by atoms with E-state index in [9.17, 15) is 0 Å². The zero-order valence-electron chi connectivity index (χ0n) is 7.17. The Balaban J connectivity index is 0.000000561. The van der Waals surface area contributed by atoms with Crippen molar-refractivity contribution >= 4 is 30.1 Å². The molecule has 0 aliphatic rings. The topological polar surface area (TPSA) is 0 Å². The molecule has 0 heterocycles. The zero-order chi connectivity index (χ0) is 9.23. The lowest BCUT2D eigenvalue weighted by Gasteiger charge is -1.83. The van der Waals surface area contributed by atoms with Gasteiger partial charge in [0.25, 0.3) is 0 Å². The van der Waals surface area contributed by atoms with E-state index in [2.05, 4.69) is 32.4 Å². The van der Waals surface area contributed by atoms with Gasteiger partial charge >= 0.3 is 0 Å². The van der Waals surface area contributed by atoms with Crippen LogP contribution < -0.4 is 0 Å². The molecule has 0 nitrogen and oxygen atoms in total. The maximum Gasteiger partial charge on any atom is 0.0254 e. The second-order valence-electron chi connectivity index (χ2n) is 1.67. The molecule has 1 aromatic carbocycles. The van der Waals surface area contributed by atoms with Gasteiger partial charge in [-0.25, -0.2) is 0 Å². The number of rotatable bonds is 0. The van der Waals surface area contributed by atoms with E-state index in [1.807, 2.05) is 44.2 Å². The molecule has 0 amide bonds. The smallest absolute Gasteiger partial charge is 0.0254 e. The van der Waals surface area contributed by atoms with Crippen LogP contribution in [0.3, 0.4) is 0 Å². The summed E-state index contributed by atoms with van der Waals surface area (Å²) in [6, 6.07) is 9.96. The van der Waals surface area contributed by atoms with E-state index in [0.29, 0.717) is 0 Å². The Morgan fingerprint density at radius 2 is 1.75 bits per heavy atom. The summed E-state index contributed by atoms with van der Waals surface area (Å²) in [6.07, 6.45) is 0. The summed E-state index contributed by atoms with van der Waals surface area (Å²) in [7, 11) is 1.51. The van der Waals surface area contributed by atoms with Crippen molar-refractivity contribution in [1.82, 2.24) is 0 Å². The fourth-order valence-corrected chi connectivity index (χ4v) is 1.09. The molecule has 0 aliphatic heterocycles. The van der Waals surface area contributed by atoms with Gasteiger partial charge < -0.3 is 0 Å². The lowest BCUT2D eigenvalue weighted by atomic mass is 10.2. The van der Waals surface area contributed by atoms with Gasteiger partial charge in [0.1, 0.15) is 0 Å². The van der Waals surface area contributed by atoms with E-state index in [1.54, 1.807) is 0 Å². The third-order valence-corrected chi connectivity index (χ3v) is 1.85. The van der Waals surface area contributed by atoms with Crippen LogP contribution in [0.2, 0.25) is 0 Å². The molecule has 0 spiro atoms. The van der Waals surface area contributed by atoms with Gasteiger partial charge in [0.05, 0.1) is 0 Å². The van der Waals surface area contributed by atoms with Crippen molar-refractivity contribution in [1.29, 1.82) is 0 Å². The molecule has 0 bridgehead atoms. The third kappa shape index (κ3) is 5.50. The third-order valence-electron chi connectivity index (χ3n) is 1.01. The predicted molar refractivity (Wildman–Crippen MR) is 66.3 cm³/mol. The first-order valence-electron chi connectivity index (χ1n) is 3.77. The van der Waals surface area contributed by atoms with Crippen molar-refractivity contribution in [2.75, 3.05) is 0 Å². The molecule has 0 fully saturated rings. The number of hydrogen-bond donors (Lipinski definition) is 0. The molecule has 0 atom stereocenters. The van der Waals surface area contributed by atoms with Gasteiger partial charge in [0.15, 0.2) is 0 Å². The minimum atomic E-state index is 1.08. The van der Waals surface area contributed by atoms with E-state index in [0.717, 1.165) is 5.56 Å². The van der Waals surface area contributed by atoms with Crippen molar-refractivity contribution in [2.45, 2.75) is 13.8 Å². The highest BCUT2D eigenvalue weighted by Gasteiger charge is 1.79. The minimum absolute atomic E-state index is 1.08. The average molecular weight is 290 g/mol. The summed E-state index contributed by atoms with van der Waals surface area (Å²) in [4.78, 5) is 0. The molecule has 0 N–H and O–H groups in total. The maximum atomic E-state index is 3.00. The van der Waals surface area contributed by atoms with E-state index in [1.165, 1.54) is 8.93 Å². The number of halogens is 1. The molecule has 2 heteroatoms. The summed E-state index contributed by atoms with van der Waals surface area (Å²) in [5, 5.41) is 2.92. The van der Waals surface area contributed by atoms with Crippen LogP contribution in [0, 0.1) is 11.2 Å². The predicted octanol–water partition coefficient (Wildman–Crippen LogP) is 4.11. The van der Waals surface area contributed by atoms with Gasteiger partial charge in [0, 0.05) is 26.8 Å². The van der Waals surface area contributed by atoms with Crippen molar-refractivity contribution in [3.8, 4) is 11.2 Å². The van der Waals surface area contributed by atoms with Gasteiger partial charge in [-0.3, -0.25) is 0 Å². The van der Waals surface area contributed by atoms with Crippen LogP contribution in [0.15, 0.2) is 30.3 Å². The molecular weight excluding hydrogens is 279 g/mol. The van der Waals surface area contributed by atoms with Crippen molar-refractivity contribution in [3.63, 3.8) is 0 Å². The SMILES string of the molecule is CC.ISC#Cc1ccccc1. The fourth-order valence-electron chi connectivity index (χ4n) is 0.600. The van der Waals surface area contributed by atoms with Crippen LogP contribution in [0.4, 0.5) is 0 Å². The Morgan fingerprint density at radius 1 is 1.17 bits per heavy atom. The van der Waals surface area contributed by atoms with Gasteiger partial charge in [-0.05, 0) is 26.3 Å². The molecule has 0 saturated heterocycles. The molecule has 0 unspecified atom stereocenters. The largest absolute Gasteiger partial charge is 0.0683 e. The van der Waals surface area contributed by atoms with E-state index in [-0.39, 0.29) is 0 Å². The number of benzene rings is 1. The molecule has 0 aliphatic carbocycles. The molecule has 0 saturated carbocycles. The van der Waals surface area contributed by atoms with Crippen molar-refractivity contribution < 1.29 is 0 Å². The maximum absolute atomic E-state index is 3.00. The van der Waals surface area contributed by atoms with Crippen LogP contribution >= 0.6 is 30.1 Å². The normalized spacial score (nSPS) is 7.25. The first-order chi connectivity index (χ1) is 5.93. The summed E-state index contributed by atoms with van der Waals surface area (Å²) >= 11 is 2.16. The summed E-state index contributed by atoms with van der Waals surface area (Å²) in [5.74, 6) is 3.00. The van der Waals surface area contributed by atoms with Crippen LogP contribution in [0.1, 0.15) is 19.4 Å². The molecule has 12 heavy (non-hydrogen) atoms. The Kier molecular flexibility index (Phi) is 8.85. The van der Waals surface area contributed by atoms with Crippen molar-refractivity contribution in [3.05, 3.63) is 35.9 Å². The van der Waals surface area contributed by atoms with E-state index >= 15 is 0 Å². The van der Waals surface area contributed by atoms with Crippen LogP contribution in [0.25, 0.3) is 0 Å². The van der Waals surface area contributed by atoms with Gasteiger partial charge in [-0.15, -0.1) is 0 Å². The Hall–Kier alpha value is -0.140. The Morgan fingerprint density at radius 3 is 2.25 bits per heavy atom. The van der Waals surface area contributed by atoms with E-state index in [4.69, 9.17) is 0 Å². The molecule has 0 aromatic heterocycles. The Labute approximate surface area is 90.7 Å². The lowest BCUT2D eigenvalue weighted by Crippen LogP contribution is -1.67. The Bertz CT molecular complexity index is 246. The highest BCUT2D eigenvalue weighted by atomic mass is 127. The zero-order valence-corrected chi connectivity index (χ0v) is 10.1. The highest BCUT2D eigenvalue weighted by molar-refractivity contribution is 14.2. The molecule has 1 aromatic rings. The molecule has 0 radical (unpaired) electrons. The molecule has 64 valence electrons. The standard InChI is InChI=1S/C8H5IS.C2H6/c9-10-7-6-8-4-2-1-3-5-8;1-2/h1-5H;1-2H3. The average Bonchev–Trinajstić information content (AvgIpc) is 2.19. The molecular formula is C10H11IS. The lowest BCUT2D eigenvalue weighted by molar-refractivity contribution is 1.50. The van der Waals surface area contributed by atoms with E-state index < -0.39 is 0 Å². The van der Waals surface area contributed by atoms with Gasteiger partial charge in [-0.1, -0.05) is 38.0 Å². The second-order valence-corrected chi connectivity index (χ2v) is 3.35.